The zero-order valence-electron chi connectivity index (χ0n) is 14.3. The van der Waals surface area contributed by atoms with Gasteiger partial charge in [-0.05, 0) is 43.2 Å². The van der Waals surface area contributed by atoms with Crippen molar-refractivity contribution < 1.29 is 13.9 Å². The van der Waals surface area contributed by atoms with Gasteiger partial charge in [-0.25, -0.2) is 4.98 Å². The van der Waals surface area contributed by atoms with Crippen LogP contribution in [0.2, 0.25) is 0 Å². The van der Waals surface area contributed by atoms with E-state index in [-0.39, 0.29) is 5.91 Å². The van der Waals surface area contributed by atoms with Crippen molar-refractivity contribution in [3.63, 3.8) is 0 Å². The molecule has 0 saturated carbocycles. The first-order chi connectivity index (χ1) is 12.2. The largest absolute Gasteiger partial charge is 0.497 e. The van der Waals surface area contributed by atoms with E-state index in [1.807, 2.05) is 54.6 Å². The lowest BCUT2D eigenvalue weighted by Gasteiger charge is -2.03. The van der Waals surface area contributed by atoms with Crippen LogP contribution in [-0.4, -0.2) is 24.5 Å². The number of nitrogens with one attached hydrogen (secondary N) is 1. The molecule has 5 nitrogen and oxygen atoms in total. The van der Waals surface area contributed by atoms with Gasteiger partial charge in [-0.2, -0.15) is 0 Å². The highest BCUT2D eigenvalue weighted by Gasteiger charge is 2.17. The molecule has 0 aliphatic heterocycles. The Morgan fingerprint density at radius 1 is 1.12 bits per heavy atom. The fraction of sp³-hybridized carbons (Fsp3) is 0.200. The summed E-state index contributed by atoms with van der Waals surface area (Å²) in [4.78, 5) is 16.7. The number of carbonyl (C=O) groups is 1. The molecule has 128 valence electrons. The molecule has 0 spiro atoms. The Bertz CT molecular complexity index is 839. The second-order valence-corrected chi connectivity index (χ2v) is 5.64. The lowest BCUT2D eigenvalue weighted by molar-refractivity contribution is 0.0948. The van der Waals surface area contributed by atoms with Crippen molar-refractivity contribution in [2.24, 2.45) is 0 Å². The van der Waals surface area contributed by atoms with Crippen LogP contribution >= 0.6 is 0 Å². The van der Waals surface area contributed by atoms with E-state index in [1.54, 1.807) is 14.0 Å². The molecule has 0 bridgehead atoms. The number of amides is 1. The summed E-state index contributed by atoms with van der Waals surface area (Å²) in [5.74, 6) is 1.46. The van der Waals surface area contributed by atoms with Gasteiger partial charge in [0.25, 0.3) is 5.91 Å². The molecule has 0 fully saturated rings. The van der Waals surface area contributed by atoms with Crippen LogP contribution < -0.4 is 10.1 Å². The van der Waals surface area contributed by atoms with E-state index in [0.717, 1.165) is 17.7 Å². The van der Waals surface area contributed by atoms with E-state index in [2.05, 4.69) is 10.3 Å². The number of hydrogen-bond acceptors (Lipinski definition) is 4. The molecule has 25 heavy (non-hydrogen) atoms. The molecule has 0 radical (unpaired) electrons. The number of nitrogens with zero attached hydrogens (tertiary/aromatic N) is 1. The number of benzene rings is 2. The second kappa shape index (κ2) is 7.66. The standard InChI is InChI=1S/C20H20N2O3/c1-14-18(19(23)21-13-12-15-6-4-3-5-7-15)22-20(25-14)16-8-10-17(24-2)11-9-16/h3-11H,12-13H2,1-2H3,(H,21,23). The van der Waals surface area contributed by atoms with Gasteiger partial charge in [-0.3, -0.25) is 4.79 Å². The van der Waals surface area contributed by atoms with Crippen molar-refractivity contribution in [3.05, 3.63) is 71.6 Å². The number of rotatable bonds is 6. The van der Waals surface area contributed by atoms with Crippen molar-refractivity contribution in [1.29, 1.82) is 0 Å². The number of methoxy groups -OCH3 is 1. The lowest BCUT2D eigenvalue weighted by Crippen LogP contribution is -2.26. The van der Waals surface area contributed by atoms with Crippen LogP contribution in [0.3, 0.4) is 0 Å². The molecule has 3 rings (SSSR count). The van der Waals surface area contributed by atoms with Gasteiger partial charge in [0.1, 0.15) is 11.5 Å². The smallest absolute Gasteiger partial charge is 0.273 e. The number of oxazole rings is 1. The van der Waals surface area contributed by atoms with Crippen LogP contribution in [0.1, 0.15) is 21.8 Å². The molecular formula is C20H20N2O3. The fourth-order valence-electron chi connectivity index (χ4n) is 2.51. The van der Waals surface area contributed by atoms with Crippen LogP contribution in [-0.2, 0) is 6.42 Å². The van der Waals surface area contributed by atoms with Gasteiger partial charge >= 0.3 is 0 Å². The molecule has 1 amide bonds. The Morgan fingerprint density at radius 2 is 1.84 bits per heavy atom. The van der Waals surface area contributed by atoms with Crippen molar-refractivity contribution in [2.45, 2.75) is 13.3 Å². The van der Waals surface area contributed by atoms with Crippen LogP contribution in [0.5, 0.6) is 5.75 Å². The Hall–Kier alpha value is -3.08. The third kappa shape index (κ3) is 4.07. The third-order valence-electron chi connectivity index (χ3n) is 3.89. The highest BCUT2D eigenvalue weighted by Crippen LogP contribution is 2.24. The van der Waals surface area contributed by atoms with Crippen LogP contribution in [0.15, 0.2) is 59.0 Å². The maximum Gasteiger partial charge on any atom is 0.273 e. The average molecular weight is 336 g/mol. The van der Waals surface area contributed by atoms with Crippen molar-refractivity contribution in [2.75, 3.05) is 13.7 Å². The van der Waals surface area contributed by atoms with Crippen molar-refractivity contribution >= 4 is 5.91 Å². The molecule has 1 N–H and O–H groups in total. The summed E-state index contributed by atoms with van der Waals surface area (Å²) in [6.45, 7) is 2.29. The van der Waals surface area contributed by atoms with Crippen LogP contribution in [0.25, 0.3) is 11.5 Å². The van der Waals surface area contributed by atoms with E-state index in [0.29, 0.717) is 23.9 Å². The molecule has 1 heterocycles. The monoisotopic (exact) mass is 336 g/mol. The molecule has 0 aliphatic carbocycles. The summed E-state index contributed by atoms with van der Waals surface area (Å²) in [5.41, 5.74) is 2.30. The Kier molecular flexibility index (Phi) is 5.14. The molecule has 0 saturated heterocycles. The van der Waals surface area contributed by atoms with Crippen molar-refractivity contribution in [3.8, 4) is 17.2 Å². The van der Waals surface area contributed by atoms with Gasteiger partial charge in [0.2, 0.25) is 5.89 Å². The van der Waals surface area contributed by atoms with E-state index in [4.69, 9.17) is 9.15 Å². The Balaban J connectivity index is 1.65. The highest BCUT2D eigenvalue weighted by molar-refractivity contribution is 5.93. The predicted molar refractivity (Wildman–Crippen MR) is 95.7 cm³/mol. The summed E-state index contributed by atoms with van der Waals surface area (Å²) in [6, 6.07) is 17.4. The quantitative estimate of drug-likeness (QED) is 0.746. The van der Waals surface area contributed by atoms with Gasteiger partial charge in [-0.1, -0.05) is 30.3 Å². The molecule has 3 aromatic rings. The SMILES string of the molecule is COc1ccc(-c2nc(C(=O)NCCc3ccccc3)c(C)o2)cc1. The highest BCUT2D eigenvalue weighted by atomic mass is 16.5. The van der Waals surface area contributed by atoms with E-state index < -0.39 is 0 Å². The molecule has 1 aromatic heterocycles. The summed E-state index contributed by atoms with van der Waals surface area (Å²) in [5, 5.41) is 2.89. The zero-order chi connectivity index (χ0) is 17.6. The Morgan fingerprint density at radius 3 is 2.52 bits per heavy atom. The van der Waals surface area contributed by atoms with Crippen molar-refractivity contribution in [1.82, 2.24) is 10.3 Å². The molecule has 0 unspecified atom stereocenters. The molecule has 2 aromatic carbocycles. The predicted octanol–water partition coefficient (Wildman–Crippen LogP) is 3.63. The van der Waals surface area contributed by atoms with E-state index >= 15 is 0 Å². The first-order valence-electron chi connectivity index (χ1n) is 8.11. The Labute approximate surface area is 146 Å². The van der Waals surface area contributed by atoms with E-state index in [1.165, 1.54) is 5.56 Å². The third-order valence-corrected chi connectivity index (χ3v) is 3.89. The van der Waals surface area contributed by atoms with Gasteiger partial charge in [0.15, 0.2) is 5.69 Å². The first kappa shape index (κ1) is 16.8. The average Bonchev–Trinajstić information content (AvgIpc) is 3.04. The minimum atomic E-state index is -0.225. The normalized spacial score (nSPS) is 10.5. The number of carbonyl (C=O) groups excluding carboxylic acids is 1. The summed E-state index contributed by atoms with van der Waals surface area (Å²) < 4.78 is 10.8. The summed E-state index contributed by atoms with van der Waals surface area (Å²) in [6.07, 6.45) is 0.773. The van der Waals surface area contributed by atoms with Gasteiger partial charge in [0, 0.05) is 12.1 Å². The summed E-state index contributed by atoms with van der Waals surface area (Å²) >= 11 is 0. The number of hydrogen-bond donors (Lipinski definition) is 1. The number of aromatic nitrogens is 1. The topological polar surface area (TPSA) is 64.4 Å². The van der Waals surface area contributed by atoms with Gasteiger partial charge < -0.3 is 14.5 Å². The van der Waals surface area contributed by atoms with Crippen LogP contribution in [0.4, 0.5) is 0 Å². The fourth-order valence-corrected chi connectivity index (χ4v) is 2.51. The molecular weight excluding hydrogens is 316 g/mol. The zero-order valence-corrected chi connectivity index (χ0v) is 14.3. The molecule has 0 atom stereocenters. The van der Waals surface area contributed by atoms with E-state index in [9.17, 15) is 4.79 Å². The first-order valence-corrected chi connectivity index (χ1v) is 8.11. The lowest BCUT2D eigenvalue weighted by atomic mass is 10.1. The number of ether oxygens (including phenoxy) is 1. The second-order valence-electron chi connectivity index (χ2n) is 5.64. The molecule has 5 heteroatoms. The minimum absolute atomic E-state index is 0.225. The maximum atomic E-state index is 12.3. The van der Waals surface area contributed by atoms with Crippen LogP contribution in [0, 0.1) is 6.92 Å². The van der Waals surface area contributed by atoms with Gasteiger partial charge in [0.05, 0.1) is 7.11 Å². The van der Waals surface area contributed by atoms with Gasteiger partial charge in [-0.15, -0.1) is 0 Å². The maximum absolute atomic E-state index is 12.3. The number of aryl methyl sites for hydroxylation is 1. The summed E-state index contributed by atoms with van der Waals surface area (Å²) in [7, 11) is 1.61. The molecule has 0 aliphatic rings. The minimum Gasteiger partial charge on any atom is -0.497 e.